The van der Waals surface area contributed by atoms with E-state index in [2.05, 4.69) is 10.2 Å². The fourth-order valence-electron chi connectivity index (χ4n) is 1.39. The average molecular weight is 273 g/mol. The van der Waals surface area contributed by atoms with Gasteiger partial charge in [-0.2, -0.15) is 0 Å². The van der Waals surface area contributed by atoms with Gasteiger partial charge in [-0.15, -0.1) is 10.2 Å². The van der Waals surface area contributed by atoms with E-state index in [1.54, 1.807) is 6.07 Å². The molecule has 0 atom stereocenters. The molecule has 17 heavy (non-hydrogen) atoms. The van der Waals surface area contributed by atoms with E-state index >= 15 is 0 Å². The summed E-state index contributed by atoms with van der Waals surface area (Å²) in [6, 6.07) is 6.01. The van der Waals surface area contributed by atoms with Crippen LogP contribution in [-0.2, 0) is 0 Å². The van der Waals surface area contributed by atoms with Crippen molar-refractivity contribution in [2.45, 2.75) is 0 Å². The van der Waals surface area contributed by atoms with Crippen molar-refractivity contribution in [3.8, 4) is 16.9 Å². The van der Waals surface area contributed by atoms with Crippen LogP contribution in [0.2, 0.25) is 10.3 Å². The van der Waals surface area contributed by atoms with Crippen LogP contribution in [0.4, 0.5) is 4.39 Å². The number of benzene rings is 1. The minimum Gasteiger partial charge on any atom is -0.494 e. The van der Waals surface area contributed by atoms with Gasteiger partial charge in [-0.25, -0.2) is 4.39 Å². The van der Waals surface area contributed by atoms with E-state index in [9.17, 15) is 4.39 Å². The SMILES string of the molecule is COc1ccc(-c2cc(Cl)nnc2Cl)cc1F. The van der Waals surface area contributed by atoms with Crippen molar-refractivity contribution in [1.29, 1.82) is 0 Å². The number of hydrogen-bond acceptors (Lipinski definition) is 3. The Labute approximate surface area is 107 Å². The van der Waals surface area contributed by atoms with Gasteiger partial charge in [0.05, 0.1) is 7.11 Å². The Morgan fingerprint density at radius 2 is 1.94 bits per heavy atom. The normalized spacial score (nSPS) is 10.4. The molecule has 88 valence electrons. The van der Waals surface area contributed by atoms with Gasteiger partial charge in [0.1, 0.15) is 0 Å². The Balaban J connectivity index is 2.53. The molecule has 1 aromatic heterocycles. The van der Waals surface area contributed by atoms with Crippen molar-refractivity contribution in [3.63, 3.8) is 0 Å². The highest BCUT2D eigenvalue weighted by Gasteiger charge is 2.10. The van der Waals surface area contributed by atoms with Gasteiger partial charge >= 0.3 is 0 Å². The van der Waals surface area contributed by atoms with Crippen LogP contribution in [0.15, 0.2) is 24.3 Å². The van der Waals surface area contributed by atoms with Crippen LogP contribution in [0, 0.1) is 5.82 Å². The first-order valence-corrected chi connectivity index (χ1v) is 5.40. The van der Waals surface area contributed by atoms with E-state index in [1.807, 2.05) is 0 Å². The Morgan fingerprint density at radius 3 is 2.59 bits per heavy atom. The fraction of sp³-hybridized carbons (Fsp3) is 0.0909. The highest BCUT2D eigenvalue weighted by molar-refractivity contribution is 6.33. The molecule has 6 heteroatoms. The number of ether oxygens (including phenoxy) is 1. The van der Waals surface area contributed by atoms with Crippen LogP contribution in [0.3, 0.4) is 0 Å². The molecule has 1 heterocycles. The second kappa shape index (κ2) is 4.85. The summed E-state index contributed by atoms with van der Waals surface area (Å²) in [5.41, 5.74) is 1.08. The predicted molar refractivity (Wildman–Crippen MR) is 64.0 cm³/mol. The highest BCUT2D eigenvalue weighted by atomic mass is 35.5. The zero-order valence-corrected chi connectivity index (χ0v) is 10.3. The molecule has 0 aliphatic rings. The third-order valence-electron chi connectivity index (χ3n) is 2.18. The van der Waals surface area contributed by atoms with E-state index in [4.69, 9.17) is 27.9 Å². The van der Waals surface area contributed by atoms with Crippen molar-refractivity contribution in [3.05, 3.63) is 40.4 Å². The van der Waals surface area contributed by atoms with Crippen LogP contribution in [0.5, 0.6) is 5.75 Å². The van der Waals surface area contributed by atoms with Crippen molar-refractivity contribution >= 4 is 23.2 Å². The number of methoxy groups -OCH3 is 1. The maximum Gasteiger partial charge on any atom is 0.165 e. The average Bonchev–Trinajstić information content (AvgIpc) is 2.32. The lowest BCUT2D eigenvalue weighted by Crippen LogP contribution is -1.91. The summed E-state index contributed by atoms with van der Waals surface area (Å²) in [7, 11) is 1.40. The minimum atomic E-state index is -0.478. The van der Waals surface area contributed by atoms with Crippen LogP contribution < -0.4 is 4.74 Å². The quantitative estimate of drug-likeness (QED) is 0.838. The predicted octanol–water partition coefficient (Wildman–Crippen LogP) is 3.60. The molecule has 0 saturated heterocycles. The molecule has 0 N–H and O–H groups in total. The fourth-order valence-corrected chi connectivity index (χ4v) is 1.74. The highest BCUT2D eigenvalue weighted by Crippen LogP contribution is 2.30. The van der Waals surface area contributed by atoms with E-state index < -0.39 is 5.82 Å². The molecule has 0 aliphatic carbocycles. The summed E-state index contributed by atoms with van der Waals surface area (Å²) in [6.45, 7) is 0. The molecule has 0 bridgehead atoms. The number of rotatable bonds is 2. The first kappa shape index (κ1) is 12.1. The Morgan fingerprint density at radius 1 is 1.18 bits per heavy atom. The number of halogens is 3. The van der Waals surface area contributed by atoms with Crippen molar-refractivity contribution < 1.29 is 9.13 Å². The largest absolute Gasteiger partial charge is 0.494 e. The number of hydrogen-bond donors (Lipinski definition) is 0. The second-order valence-electron chi connectivity index (χ2n) is 3.22. The summed E-state index contributed by atoms with van der Waals surface area (Å²) in [5, 5.41) is 7.60. The third kappa shape index (κ3) is 2.48. The zero-order chi connectivity index (χ0) is 12.4. The van der Waals surface area contributed by atoms with E-state index in [0.717, 1.165) is 0 Å². The first-order valence-electron chi connectivity index (χ1n) is 4.64. The molecule has 0 radical (unpaired) electrons. The van der Waals surface area contributed by atoms with Gasteiger partial charge in [-0.05, 0) is 23.8 Å². The Kier molecular flexibility index (Phi) is 3.45. The van der Waals surface area contributed by atoms with Gasteiger partial charge in [0.25, 0.3) is 0 Å². The summed E-state index contributed by atoms with van der Waals surface area (Å²) < 4.78 is 18.4. The standard InChI is InChI=1S/C11H7Cl2FN2O/c1-17-9-3-2-6(4-8(9)14)7-5-10(12)15-16-11(7)13/h2-5H,1H3. The summed E-state index contributed by atoms with van der Waals surface area (Å²) in [5.74, 6) is -0.313. The Bertz CT molecular complexity index is 563. The van der Waals surface area contributed by atoms with Crippen LogP contribution in [-0.4, -0.2) is 17.3 Å². The topological polar surface area (TPSA) is 35.0 Å². The number of aromatic nitrogens is 2. The van der Waals surface area contributed by atoms with Gasteiger partial charge in [-0.3, -0.25) is 0 Å². The van der Waals surface area contributed by atoms with Crippen molar-refractivity contribution in [1.82, 2.24) is 10.2 Å². The van der Waals surface area contributed by atoms with Gasteiger partial charge < -0.3 is 4.74 Å². The molecule has 2 aromatic rings. The first-order chi connectivity index (χ1) is 8.11. The molecule has 0 saturated carbocycles. The molecular formula is C11H7Cl2FN2O. The number of nitrogens with zero attached hydrogens (tertiary/aromatic N) is 2. The molecule has 0 spiro atoms. The van der Waals surface area contributed by atoms with Gasteiger partial charge in [0, 0.05) is 5.56 Å². The molecule has 1 aromatic carbocycles. The summed E-state index contributed by atoms with van der Waals surface area (Å²) in [4.78, 5) is 0. The van der Waals surface area contributed by atoms with Crippen LogP contribution in [0.25, 0.3) is 11.1 Å². The molecule has 0 fully saturated rings. The molecule has 2 rings (SSSR count). The lowest BCUT2D eigenvalue weighted by Gasteiger charge is -2.06. The molecule has 0 unspecified atom stereocenters. The lowest BCUT2D eigenvalue weighted by molar-refractivity contribution is 0.386. The maximum absolute atomic E-state index is 13.5. The van der Waals surface area contributed by atoms with E-state index in [1.165, 1.54) is 25.3 Å². The second-order valence-corrected chi connectivity index (χ2v) is 3.97. The summed E-state index contributed by atoms with van der Waals surface area (Å²) >= 11 is 11.6. The molecular weight excluding hydrogens is 266 g/mol. The van der Waals surface area contributed by atoms with E-state index in [0.29, 0.717) is 11.1 Å². The summed E-state index contributed by atoms with van der Waals surface area (Å²) in [6.07, 6.45) is 0. The maximum atomic E-state index is 13.5. The molecule has 3 nitrogen and oxygen atoms in total. The zero-order valence-electron chi connectivity index (χ0n) is 8.75. The monoisotopic (exact) mass is 272 g/mol. The third-order valence-corrected chi connectivity index (χ3v) is 2.65. The smallest absolute Gasteiger partial charge is 0.165 e. The lowest BCUT2D eigenvalue weighted by atomic mass is 10.1. The van der Waals surface area contributed by atoms with E-state index in [-0.39, 0.29) is 16.1 Å². The van der Waals surface area contributed by atoms with Gasteiger partial charge in [0.2, 0.25) is 0 Å². The minimum absolute atomic E-state index is 0.165. The van der Waals surface area contributed by atoms with Crippen molar-refractivity contribution in [2.24, 2.45) is 0 Å². The van der Waals surface area contributed by atoms with Crippen LogP contribution >= 0.6 is 23.2 Å². The molecule has 0 aliphatic heterocycles. The Hall–Kier alpha value is -1.39. The van der Waals surface area contributed by atoms with Crippen molar-refractivity contribution in [2.75, 3.05) is 7.11 Å². The van der Waals surface area contributed by atoms with Gasteiger partial charge in [0.15, 0.2) is 21.9 Å². The van der Waals surface area contributed by atoms with Crippen LogP contribution in [0.1, 0.15) is 0 Å². The molecule has 0 amide bonds. The van der Waals surface area contributed by atoms with Gasteiger partial charge in [-0.1, -0.05) is 29.3 Å².